The minimum absolute atomic E-state index is 0.00719. The zero-order valence-corrected chi connectivity index (χ0v) is 9.88. The number of carbonyl (C=O) groups is 2. The van der Waals surface area contributed by atoms with Crippen LogP contribution in [0.2, 0.25) is 0 Å². The molecule has 1 amide bonds. The van der Waals surface area contributed by atoms with Gasteiger partial charge < -0.3 is 15.6 Å². The van der Waals surface area contributed by atoms with E-state index in [2.05, 4.69) is 15.4 Å². The summed E-state index contributed by atoms with van der Waals surface area (Å²) in [5.74, 6) is -1.55. The monoisotopic (exact) mass is 262 g/mol. The van der Waals surface area contributed by atoms with Crippen molar-refractivity contribution in [1.82, 2.24) is 15.4 Å². The van der Waals surface area contributed by atoms with E-state index in [1.54, 1.807) is 0 Å². The molecule has 0 saturated carbocycles. The number of benzene rings is 1. The second-order valence-electron chi connectivity index (χ2n) is 3.64. The lowest BCUT2D eigenvalue weighted by Crippen LogP contribution is -2.13. The average Bonchev–Trinajstić information content (AvgIpc) is 2.87. The Morgan fingerprint density at radius 3 is 2.63 bits per heavy atom. The zero-order valence-electron chi connectivity index (χ0n) is 9.88. The van der Waals surface area contributed by atoms with Gasteiger partial charge in [-0.1, -0.05) is 0 Å². The van der Waals surface area contributed by atoms with Crippen LogP contribution < -0.4 is 10.5 Å². The first-order chi connectivity index (χ1) is 9.02. The van der Waals surface area contributed by atoms with Gasteiger partial charge in [-0.05, 0) is 18.2 Å². The fourth-order valence-corrected chi connectivity index (χ4v) is 1.58. The fourth-order valence-electron chi connectivity index (χ4n) is 1.58. The van der Waals surface area contributed by atoms with E-state index in [-0.39, 0.29) is 17.0 Å². The Morgan fingerprint density at radius 1 is 1.32 bits per heavy atom. The number of rotatable bonds is 4. The first kappa shape index (κ1) is 12.6. The van der Waals surface area contributed by atoms with E-state index in [0.29, 0.717) is 11.3 Å². The number of nitrogens with zero attached hydrogens (tertiary/aromatic N) is 2. The lowest BCUT2D eigenvalue weighted by molar-refractivity contribution is 0.0696. The fraction of sp³-hybridized carbons (Fsp3) is 0.0909. The molecule has 2 rings (SSSR count). The molecule has 4 N–H and O–H groups in total. The van der Waals surface area contributed by atoms with Gasteiger partial charge >= 0.3 is 5.97 Å². The van der Waals surface area contributed by atoms with Gasteiger partial charge in [0.1, 0.15) is 11.4 Å². The zero-order chi connectivity index (χ0) is 14.0. The third-order valence-corrected chi connectivity index (χ3v) is 2.44. The number of ether oxygens (including phenoxy) is 1. The highest BCUT2D eigenvalue weighted by atomic mass is 16.5. The molecule has 0 unspecified atom stereocenters. The molecule has 98 valence electrons. The van der Waals surface area contributed by atoms with Crippen LogP contribution in [0.25, 0.3) is 11.3 Å². The summed E-state index contributed by atoms with van der Waals surface area (Å²) in [4.78, 5) is 22.2. The summed E-state index contributed by atoms with van der Waals surface area (Å²) < 4.78 is 5.01. The molecule has 1 aromatic carbocycles. The summed E-state index contributed by atoms with van der Waals surface area (Å²) in [5, 5.41) is 18.7. The molecule has 19 heavy (non-hydrogen) atoms. The number of amides is 1. The Morgan fingerprint density at radius 2 is 2.05 bits per heavy atom. The van der Waals surface area contributed by atoms with Gasteiger partial charge in [-0.2, -0.15) is 15.4 Å². The highest BCUT2D eigenvalue weighted by Gasteiger charge is 2.17. The topological polar surface area (TPSA) is 131 Å². The number of nitrogens with two attached hydrogens (primary N) is 1. The van der Waals surface area contributed by atoms with Crippen LogP contribution in [0.3, 0.4) is 0 Å². The second-order valence-corrected chi connectivity index (χ2v) is 3.64. The third-order valence-electron chi connectivity index (χ3n) is 2.44. The SMILES string of the molecule is COc1cc(C(=O)O)cc(-c2n[nH]nc2C(N)=O)c1. The molecule has 1 heterocycles. The van der Waals surface area contributed by atoms with E-state index < -0.39 is 11.9 Å². The molecule has 8 nitrogen and oxygen atoms in total. The van der Waals surface area contributed by atoms with Gasteiger partial charge in [0, 0.05) is 5.56 Å². The number of hydrogen-bond donors (Lipinski definition) is 3. The van der Waals surface area contributed by atoms with Gasteiger partial charge in [-0.15, -0.1) is 0 Å². The van der Waals surface area contributed by atoms with Crippen molar-refractivity contribution in [3.05, 3.63) is 29.5 Å². The summed E-state index contributed by atoms with van der Waals surface area (Å²) in [5.41, 5.74) is 5.65. The summed E-state index contributed by atoms with van der Waals surface area (Å²) in [6.07, 6.45) is 0. The largest absolute Gasteiger partial charge is 0.497 e. The molecule has 0 fully saturated rings. The highest BCUT2D eigenvalue weighted by molar-refractivity contribution is 5.97. The number of aromatic amines is 1. The van der Waals surface area contributed by atoms with Gasteiger partial charge in [-0.3, -0.25) is 4.79 Å². The Kier molecular flexibility index (Phi) is 3.15. The van der Waals surface area contributed by atoms with Gasteiger partial charge in [0.15, 0.2) is 5.69 Å². The highest BCUT2D eigenvalue weighted by Crippen LogP contribution is 2.26. The number of aromatic nitrogens is 3. The average molecular weight is 262 g/mol. The first-order valence-electron chi connectivity index (χ1n) is 5.16. The molecule has 0 aliphatic carbocycles. The van der Waals surface area contributed by atoms with Gasteiger partial charge in [0.2, 0.25) is 0 Å². The Hall–Kier alpha value is -2.90. The lowest BCUT2D eigenvalue weighted by Gasteiger charge is -2.05. The van der Waals surface area contributed by atoms with Crippen molar-refractivity contribution in [3.8, 4) is 17.0 Å². The number of primary amides is 1. The summed E-state index contributed by atoms with van der Waals surface area (Å²) in [7, 11) is 1.41. The van der Waals surface area contributed by atoms with Crippen LogP contribution in [0.1, 0.15) is 20.8 Å². The molecule has 1 aromatic heterocycles. The predicted octanol–water partition coefficient (Wildman–Crippen LogP) is 0.277. The van der Waals surface area contributed by atoms with E-state index in [0.717, 1.165) is 0 Å². The normalized spacial score (nSPS) is 10.2. The minimum atomic E-state index is -1.12. The van der Waals surface area contributed by atoms with E-state index >= 15 is 0 Å². The predicted molar refractivity (Wildman–Crippen MR) is 63.8 cm³/mol. The molecule has 0 saturated heterocycles. The van der Waals surface area contributed by atoms with E-state index in [1.807, 2.05) is 0 Å². The van der Waals surface area contributed by atoms with Crippen LogP contribution in [0.5, 0.6) is 5.75 Å². The first-order valence-corrected chi connectivity index (χ1v) is 5.16. The molecule has 0 atom stereocenters. The molecular weight excluding hydrogens is 252 g/mol. The molecule has 0 aliphatic rings. The Bertz CT molecular complexity index is 650. The van der Waals surface area contributed by atoms with Crippen LogP contribution in [-0.2, 0) is 0 Å². The van der Waals surface area contributed by atoms with Crippen LogP contribution in [-0.4, -0.2) is 39.5 Å². The number of methoxy groups -OCH3 is 1. The van der Waals surface area contributed by atoms with Gasteiger partial charge in [0.25, 0.3) is 5.91 Å². The number of H-pyrrole nitrogens is 1. The van der Waals surface area contributed by atoms with Gasteiger partial charge in [0.05, 0.1) is 12.7 Å². The van der Waals surface area contributed by atoms with Crippen molar-refractivity contribution in [3.63, 3.8) is 0 Å². The minimum Gasteiger partial charge on any atom is -0.497 e. The Labute approximate surface area is 107 Å². The maximum atomic E-state index is 11.2. The maximum Gasteiger partial charge on any atom is 0.335 e. The second kappa shape index (κ2) is 4.77. The number of carboxylic acid groups (broad SMARTS) is 1. The lowest BCUT2D eigenvalue weighted by atomic mass is 10.1. The smallest absolute Gasteiger partial charge is 0.335 e. The number of aromatic carboxylic acids is 1. The number of carbonyl (C=O) groups excluding carboxylic acids is 1. The van der Waals surface area contributed by atoms with Crippen molar-refractivity contribution in [1.29, 1.82) is 0 Å². The van der Waals surface area contributed by atoms with E-state index in [9.17, 15) is 9.59 Å². The quantitative estimate of drug-likeness (QED) is 0.725. The van der Waals surface area contributed by atoms with Crippen molar-refractivity contribution in [2.45, 2.75) is 0 Å². The van der Waals surface area contributed by atoms with Crippen molar-refractivity contribution in [2.24, 2.45) is 5.73 Å². The standard InChI is InChI=1S/C11H10N4O4/c1-19-7-3-5(2-6(4-7)11(17)18)8-9(10(12)16)14-15-13-8/h2-4H,1H3,(H2,12,16)(H,17,18)(H,13,14,15). The third kappa shape index (κ3) is 2.37. The van der Waals surface area contributed by atoms with Crippen molar-refractivity contribution in [2.75, 3.05) is 7.11 Å². The molecular formula is C11H10N4O4. The van der Waals surface area contributed by atoms with Crippen molar-refractivity contribution >= 4 is 11.9 Å². The van der Waals surface area contributed by atoms with Crippen LogP contribution >= 0.6 is 0 Å². The summed E-state index contributed by atoms with van der Waals surface area (Å²) in [6, 6.07) is 4.25. The molecule has 0 aliphatic heterocycles. The molecule has 0 spiro atoms. The number of hydrogen-bond acceptors (Lipinski definition) is 5. The molecule has 0 radical (unpaired) electrons. The number of nitrogens with one attached hydrogen (secondary N) is 1. The van der Waals surface area contributed by atoms with Crippen LogP contribution in [0.15, 0.2) is 18.2 Å². The molecule has 0 bridgehead atoms. The van der Waals surface area contributed by atoms with Gasteiger partial charge in [-0.25, -0.2) is 4.79 Å². The molecule has 8 heteroatoms. The van der Waals surface area contributed by atoms with E-state index in [1.165, 1.54) is 25.3 Å². The maximum absolute atomic E-state index is 11.2. The Balaban J connectivity index is 2.61. The van der Waals surface area contributed by atoms with Crippen LogP contribution in [0, 0.1) is 0 Å². The molecule has 2 aromatic rings. The van der Waals surface area contributed by atoms with Crippen molar-refractivity contribution < 1.29 is 19.4 Å². The summed E-state index contributed by atoms with van der Waals surface area (Å²) >= 11 is 0. The van der Waals surface area contributed by atoms with E-state index in [4.69, 9.17) is 15.6 Å². The number of carboxylic acids is 1. The summed E-state index contributed by atoms with van der Waals surface area (Å²) in [6.45, 7) is 0. The van der Waals surface area contributed by atoms with Crippen LogP contribution in [0.4, 0.5) is 0 Å².